The molecule has 1 unspecified atom stereocenters. The number of carbonyl (C=O) groups is 2. The molecule has 2 rings (SSSR count). The second kappa shape index (κ2) is 9.65. The molecule has 2 aromatic rings. The van der Waals surface area contributed by atoms with E-state index in [9.17, 15) is 9.59 Å². The molecule has 0 radical (unpaired) electrons. The Labute approximate surface area is 158 Å². The predicted molar refractivity (Wildman–Crippen MR) is 104 cm³/mol. The van der Waals surface area contributed by atoms with Crippen LogP contribution in [0.25, 0.3) is 0 Å². The molecular formula is C21H21ClN2O2. The lowest BCUT2D eigenvalue weighted by Gasteiger charge is -2.21. The van der Waals surface area contributed by atoms with Crippen molar-refractivity contribution in [2.24, 2.45) is 5.92 Å². The van der Waals surface area contributed by atoms with Crippen molar-refractivity contribution in [2.45, 2.75) is 19.9 Å². The molecule has 0 heterocycles. The van der Waals surface area contributed by atoms with E-state index in [0.29, 0.717) is 10.6 Å². The average Bonchev–Trinajstić information content (AvgIpc) is 2.64. The van der Waals surface area contributed by atoms with Crippen LogP contribution < -0.4 is 10.6 Å². The standard InChI is InChI=1S/C21H21ClN2O2/c1-15(2)19(24-20(25)17-10-12-18(22)13-11-17)21(26)23-14-6-9-16-7-4-3-5-8-16/h3-5,7-8,10-13,15,19H,14H2,1-2H3,(H,23,26)(H,24,25). The van der Waals surface area contributed by atoms with Gasteiger partial charge in [-0.15, -0.1) is 0 Å². The van der Waals surface area contributed by atoms with Crippen molar-refractivity contribution < 1.29 is 9.59 Å². The van der Waals surface area contributed by atoms with Crippen LogP contribution in [-0.2, 0) is 4.79 Å². The van der Waals surface area contributed by atoms with E-state index in [1.807, 2.05) is 44.2 Å². The summed E-state index contributed by atoms with van der Waals surface area (Å²) in [4.78, 5) is 24.7. The summed E-state index contributed by atoms with van der Waals surface area (Å²) in [7, 11) is 0. The van der Waals surface area contributed by atoms with E-state index in [0.717, 1.165) is 5.56 Å². The molecule has 2 amide bonds. The summed E-state index contributed by atoms with van der Waals surface area (Å²) in [5.74, 6) is 5.25. The third-order valence-electron chi connectivity index (χ3n) is 3.70. The fourth-order valence-electron chi connectivity index (χ4n) is 2.27. The fraction of sp³-hybridized carbons (Fsp3) is 0.238. The highest BCUT2D eigenvalue weighted by Gasteiger charge is 2.24. The summed E-state index contributed by atoms with van der Waals surface area (Å²) >= 11 is 5.83. The quantitative estimate of drug-likeness (QED) is 0.796. The number of rotatable bonds is 5. The molecule has 0 aliphatic rings. The van der Waals surface area contributed by atoms with Gasteiger partial charge >= 0.3 is 0 Å². The summed E-state index contributed by atoms with van der Waals surface area (Å²) in [5, 5.41) is 6.07. The lowest BCUT2D eigenvalue weighted by Crippen LogP contribution is -2.49. The van der Waals surface area contributed by atoms with E-state index in [2.05, 4.69) is 22.5 Å². The van der Waals surface area contributed by atoms with Crippen LogP contribution in [0.15, 0.2) is 54.6 Å². The van der Waals surface area contributed by atoms with Gasteiger partial charge in [0.1, 0.15) is 6.04 Å². The first-order chi connectivity index (χ1) is 12.5. The lowest BCUT2D eigenvalue weighted by molar-refractivity contribution is -0.123. The van der Waals surface area contributed by atoms with Crippen molar-refractivity contribution in [3.05, 3.63) is 70.7 Å². The zero-order valence-corrected chi connectivity index (χ0v) is 15.5. The number of halogens is 1. The summed E-state index contributed by atoms with van der Waals surface area (Å²) < 4.78 is 0. The number of amides is 2. The van der Waals surface area contributed by atoms with Gasteiger partial charge in [0.2, 0.25) is 5.91 Å². The molecule has 2 aromatic carbocycles. The number of hydrogen-bond acceptors (Lipinski definition) is 2. The van der Waals surface area contributed by atoms with Gasteiger partial charge in [0.05, 0.1) is 6.54 Å². The number of hydrogen-bond donors (Lipinski definition) is 2. The first kappa shape index (κ1) is 19.6. The minimum atomic E-state index is -0.642. The van der Waals surface area contributed by atoms with E-state index in [1.54, 1.807) is 24.3 Å². The van der Waals surface area contributed by atoms with E-state index < -0.39 is 6.04 Å². The molecule has 134 valence electrons. The highest BCUT2D eigenvalue weighted by molar-refractivity contribution is 6.30. The topological polar surface area (TPSA) is 58.2 Å². The average molecular weight is 369 g/mol. The fourth-order valence-corrected chi connectivity index (χ4v) is 2.40. The summed E-state index contributed by atoms with van der Waals surface area (Å²) in [5.41, 5.74) is 1.34. The SMILES string of the molecule is CC(C)C(NC(=O)c1ccc(Cl)cc1)C(=O)NCC#Cc1ccccc1. The van der Waals surface area contributed by atoms with Gasteiger partial charge in [-0.3, -0.25) is 9.59 Å². The van der Waals surface area contributed by atoms with Crippen LogP contribution in [0.4, 0.5) is 0 Å². The van der Waals surface area contributed by atoms with Gasteiger partial charge in [-0.2, -0.15) is 0 Å². The van der Waals surface area contributed by atoms with Crippen LogP contribution in [0.2, 0.25) is 5.02 Å². The normalized spacial score (nSPS) is 11.2. The molecular weight excluding hydrogens is 348 g/mol. The van der Waals surface area contributed by atoms with Crippen LogP contribution in [0.3, 0.4) is 0 Å². The first-order valence-corrected chi connectivity index (χ1v) is 8.73. The lowest BCUT2D eigenvalue weighted by atomic mass is 10.0. The maximum Gasteiger partial charge on any atom is 0.251 e. The van der Waals surface area contributed by atoms with E-state index >= 15 is 0 Å². The van der Waals surface area contributed by atoms with Crippen molar-refractivity contribution >= 4 is 23.4 Å². The van der Waals surface area contributed by atoms with E-state index in [-0.39, 0.29) is 24.3 Å². The molecule has 0 fully saturated rings. The molecule has 0 aliphatic heterocycles. The van der Waals surface area contributed by atoms with Gasteiger partial charge in [0.25, 0.3) is 5.91 Å². The van der Waals surface area contributed by atoms with Crippen LogP contribution in [0.1, 0.15) is 29.8 Å². The Bertz CT molecular complexity index is 805. The smallest absolute Gasteiger partial charge is 0.251 e. The Balaban J connectivity index is 1.93. The Morgan fingerprint density at radius 3 is 2.31 bits per heavy atom. The predicted octanol–water partition coefficient (Wildman–Crippen LogP) is 3.26. The first-order valence-electron chi connectivity index (χ1n) is 8.35. The van der Waals surface area contributed by atoms with Gasteiger partial charge in [-0.05, 0) is 42.3 Å². The monoisotopic (exact) mass is 368 g/mol. The van der Waals surface area contributed by atoms with Crippen LogP contribution in [-0.4, -0.2) is 24.4 Å². The summed E-state index contributed by atoms with van der Waals surface area (Å²) in [6.45, 7) is 3.97. The van der Waals surface area contributed by atoms with Gasteiger partial charge in [0, 0.05) is 16.1 Å². The van der Waals surface area contributed by atoms with Gasteiger partial charge in [-0.1, -0.05) is 55.5 Å². The zero-order valence-electron chi connectivity index (χ0n) is 14.8. The Kier molecular flexibility index (Phi) is 7.25. The highest BCUT2D eigenvalue weighted by atomic mass is 35.5. The van der Waals surface area contributed by atoms with Crippen molar-refractivity contribution in [3.63, 3.8) is 0 Å². The van der Waals surface area contributed by atoms with Gasteiger partial charge in [-0.25, -0.2) is 0 Å². The molecule has 1 atom stereocenters. The van der Waals surface area contributed by atoms with E-state index in [1.165, 1.54) is 0 Å². The maximum atomic E-state index is 12.4. The molecule has 0 saturated carbocycles. The molecule has 0 aromatic heterocycles. The van der Waals surface area contributed by atoms with Crippen molar-refractivity contribution in [1.82, 2.24) is 10.6 Å². The molecule has 2 N–H and O–H groups in total. The minimum absolute atomic E-state index is 0.0617. The Hall–Kier alpha value is -2.77. The third kappa shape index (κ3) is 5.94. The van der Waals surface area contributed by atoms with Crippen molar-refractivity contribution in [3.8, 4) is 11.8 Å². The highest BCUT2D eigenvalue weighted by Crippen LogP contribution is 2.10. The van der Waals surface area contributed by atoms with Crippen LogP contribution >= 0.6 is 11.6 Å². The van der Waals surface area contributed by atoms with Crippen LogP contribution in [0, 0.1) is 17.8 Å². The second-order valence-electron chi connectivity index (χ2n) is 6.09. The number of nitrogens with one attached hydrogen (secondary N) is 2. The molecule has 4 nitrogen and oxygen atoms in total. The Morgan fingerprint density at radius 1 is 1.04 bits per heavy atom. The van der Waals surface area contributed by atoms with Gasteiger partial charge in [0.15, 0.2) is 0 Å². The largest absolute Gasteiger partial charge is 0.343 e. The third-order valence-corrected chi connectivity index (χ3v) is 3.95. The number of benzene rings is 2. The van der Waals surface area contributed by atoms with Crippen molar-refractivity contribution in [2.75, 3.05) is 6.54 Å². The van der Waals surface area contributed by atoms with Crippen molar-refractivity contribution in [1.29, 1.82) is 0 Å². The van der Waals surface area contributed by atoms with E-state index in [4.69, 9.17) is 11.6 Å². The molecule has 0 saturated heterocycles. The van der Waals surface area contributed by atoms with Gasteiger partial charge < -0.3 is 10.6 Å². The minimum Gasteiger partial charge on any atom is -0.343 e. The molecule has 26 heavy (non-hydrogen) atoms. The van der Waals surface area contributed by atoms with Crippen LogP contribution in [0.5, 0.6) is 0 Å². The number of carbonyl (C=O) groups excluding carboxylic acids is 2. The second-order valence-corrected chi connectivity index (χ2v) is 6.52. The molecule has 0 spiro atoms. The Morgan fingerprint density at radius 2 is 1.69 bits per heavy atom. The molecule has 0 aliphatic carbocycles. The summed E-state index contributed by atoms with van der Waals surface area (Å²) in [6, 6.07) is 15.4. The molecule has 5 heteroatoms. The molecule has 0 bridgehead atoms. The zero-order chi connectivity index (χ0) is 18.9. The summed E-state index contributed by atoms with van der Waals surface area (Å²) in [6.07, 6.45) is 0. The maximum absolute atomic E-state index is 12.4.